The van der Waals surface area contributed by atoms with Crippen LogP contribution in [0.25, 0.3) is 0 Å². The van der Waals surface area contributed by atoms with Crippen LogP contribution >= 0.6 is 0 Å². The van der Waals surface area contributed by atoms with Gasteiger partial charge in [-0.25, -0.2) is 0 Å². The van der Waals surface area contributed by atoms with Crippen LogP contribution in [0.15, 0.2) is 0 Å². The number of carbonyl (C=O) groups excluding carboxylic acids is 2. The van der Waals surface area contributed by atoms with E-state index in [0.717, 1.165) is 25.8 Å². The third-order valence-electron chi connectivity index (χ3n) is 3.41. The number of nitrogens with zero attached hydrogens (tertiary/aromatic N) is 1. The number of likely N-dealkylation sites (N-methyl/N-ethyl adjacent to an activating group) is 1. The topological polar surface area (TPSA) is 49.4 Å². The molecule has 1 N–H and O–H groups in total. The first kappa shape index (κ1) is 13.2. The molecule has 2 atom stereocenters. The first-order valence-electron chi connectivity index (χ1n) is 6.11. The van der Waals surface area contributed by atoms with Gasteiger partial charge in [0.25, 0.3) is 0 Å². The Morgan fingerprint density at radius 3 is 2.69 bits per heavy atom. The maximum absolute atomic E-state index is 11.7. The molecule has 0 aromatic carbocycles. The van der Waals surface area contributed by atoms with Crippen LogP contribution in [0, 0.1) is 0 Å². The zero-order valence-corrected chi connectivity index (χ0v) is 10.5. The van der Waals surface area contributed by atoms with Crippen molar-refractivity contribution in [2.75, 3.05) is 13.6 Å². The summed E-state index contributed by atoms with van der Waals surface area (Å²) in [4.78, 5) is 25.5. The molecule has 16 heavy (non-hydrogen) atoms. The minimum Gasteiger partial charge on any atom is -0.358 e. The number of rotatable bonds is 4. The summed E-state index contributed by atoms with van der Waals surface area (Å²) in [5.41, 5.74) is 0. The highest BCUT2D eigenvalue weighted by molar-refractivity contribution is 5.86. The molecule has 1 saturated heterocycles. The standard InChI is InChI=1S/C12H22N2O2/c1-4-11(15)9(2)14-8-6-5-7-10(14)12(16)13-3/h9-10H,4-8H2,1-3H3,(H,13,16). The first-order chi connectivity index (χ1) is 7.61. The summed E-state index contributed by atoms with van der Waals surface area (Å²) in [6, 6.07) is -0.253. The Hall–Kier alpha value is -0.900. The summed E-state index contributed by atoms with van der Waals surface area (Å²) in [5.74, 6) is 0.256. The minimum atomic E-state index is -0.132. The van der Waals surface area contributed by atoms with E-state index in [-0.39, 0.29) is 23.8 Å². The number of hydrogen-bond acceptors (Lipinski definition) is 3. The highest BCUT2D eigenvalue weighted by Gasteiger charge is 2.33. The molecular formula is C12H22N2O2. The van der Waals surface area contributed by atoms with Gasteiger partial charge in [-0.05, 0) is 26.3 Å². The van der Waals surface area contributed by atoms with E-state index in [9.17, 15) is 9.59 Å². The molecule has 1 amide bonds. The summed E-state index contributed by atoms with van der Waals surface area (Å²) in [6.45, 7) is 4.63. The summed E-state index contributed by atoms with van der Waals surface area (Å²) in [7, 11) is 1.65. The quantitative estimate of drug-likeness (QED) is 0.776. The number of amides is 1. The second-order valence-electron chi connectivity index (χ2n) is 4.36. The predicted molar refractivity (Wildman–Crippen MR) is 63.2 cm³/mol. The van der Waals surface area contributed by atoms with E-state index in [1.165, 1.54) is 0 Å². The number of nitrogens with one attached hydrogen (secondary N) is 1. The van der Waals surface area contributed by atoms with Crippen LogP contribution < -0.4 is 5.32 Å². The van der Waals surface area contributed by atoms with Gasteiger partial charge >= 0.3 is 0 Å². The van der Waals surface area contributed by atoms with Crippen molar-refractivity contribution in [2.45, 2.75) is 51.6 Å². The Morgan fingerprint density at radius 1 is 1.44 bits per heavy atom. The van der Waals surface area contributed by atoms with Crippen LogP contribution in [0.3, 0.4) is 0 Å². The lowest BCUT2D eigenvalue weighted by atomic mass is 9.97. The molecule has 0 radical (unpaired) electrons. The normalized spacial score (nSPS) is 23.8. The van der Waals surface area contributed by atoms with Crippen LogP contribution in [0.2, 0.25) is 0 Å². The molecular weight excluding hydrogens is 204 g/mol. The van der Waals surface area contributed by atoms with E-state index in [1.807, 2.05) is 18.7 Å². The third kappa shape index (κ3) is 2.82. The van der Waals surface area contributed by atoms with Gasteiger partial charge in [0, 0.05) is 13.5 Å². The van der Waals surface area contributed by atoms with E-state index >= 15 is 0 Å². The molecule has 1 heterocycles. The van der Waals surface area contributed by atoms with Gasteiger partial charge in [0.2, 0.25) is 5.91 Å². The third-order valence-corrected chi connectivity index (χ3v) is 3.41. The van der Waals surface area contributed by atoms with Gasteiger partial charge in [0.15, 0.2) is 0 Å². The zero-order valence-electron chi connectivity index (χ0n) is 10.5. The lowest BCUT2D eigenvalue weighted by Crippen LogP contribution is -2.54. The number of ketones is 1. The van der Waals surface area contributed by atoms with Crippen molar-refractivity contribution >= 4 is 11.7 Å². The highest BCUT2D eigenvalue weighted by atomic mass is 16.2. The molecule has 0 bridgehead atoms. The maximum atomic E-state index is 11.7. The van der Waals surface area contributed by atoms with Gasteiger partial charge in [-0.1, -0.05) is 13.3 Å². The molecule has 1 rings (SSSR count). The molecule has 4 nitrogen and oxygen atoms in total. The van der Waals surface area contributed by atoms with Crippen LogP contribution in [0.5, 0.6) is 0 Å². The summed E-state index contributed by atoms with van der Waals surface area (Å²) < 4.78 is 0. The monoisotopic (exact) mass is 226 g/mol. The molecule has 1 aliphatic heterocycles. The molecule has 0 aromatic rings. The van der Waals surface area contributed by atoms with Crippen molar-refractivity contribution < 1.29 is 9.59 Å². The largest absolute Gasteiger partial charge is 0.358 e. The van der Waals surface area contributed by atoms with Crippen LogP contribution in [0.4, 0.5) is 0 Å². The fourth-order valence-electron chi connectivity index (χ4n) is 2.35. The molecule has 1 fully saturated rings. The summed E-state index contributed by atoms with van der Waals surface area (Å²) >= 11 is 0. The van der Waals surface area contributed by atoms with Crippen LogP contribution in [-0.2, 0) is 9.59 Å². The van der Waals surface area contributed by atoms with Crippen molar-refractivity contribution in [3.63, 3.8) is 0 Å². The van der Waals surface area contributed by atoms with Gasteiger partial charge in [0.05, 0.1) is 12.1 Å². The van der Waals surface area contributed by atoms with Gasteiger partial charge in [-0.3, -0.25) is 14.5 Å². The van der Waals surface area contributed by atoms with E-state index in [2.05, 4.69) is 5.32 Å². The van der Waals surface area contributed by atoms with Crippen molar-refractivity contribution in [3.8, 4) is 0 Å². The molecule has 1 aliphatic rings. The van der Waals surface area contributed by atoms with Gasteiger partial charge < -0.3 is 5.32 Å². The Balaban J connectivity index is 2.73. The fourth-order valence-corrected chi connectivity index (χ4v) is 2.35. The highest BCUT2D eigenvalue weighted by Crippen LogP contribution is 2.20. The van der Waals surface area contributed by atoms with E-state index in [1.54, 1.807) is 7.05 Å². The fraction of sp³-hybridized carbons (Fsp3) is 0.833. The average molecular weight is 226 g/mol. The van der Waals surface area contributed by atoms with Gasteiger partial charge in [-0.15, -0.1) is 0 Å². The predicted octanol–water partition coefficient (Wildman–Crippen LogP) is 0.954. The maximum Gasteiger partial charge on any atom is 0.237 e. The smallest absolute Gasteiger partial charge is 0.237 e. The van der Waals surface area contributed by atoms with Crippen LogP contribution in [-0.4, -0.2) is 42.3 Å². The number of Topliss-reactive ketones (excluding diaryl/α,β-unsaturated/α-hetero) is 1. The lowest BCUT2D eigenvalue weighted by molar-refractivity contribution is -0.132. The van der Waals surface area contributed by atoms with Crippen molar-refractivity contribution in [2.24, 2.45) is 0 Å². The number of piperidine rings is 1. The van der Waals surface area contributed by atoms with Crippen molar-refractivity contribution in [1.29, 1.82) is 0 Å². The molecule has 0 spiro atoms. The minimum absolute atomic E-state index is 0.0375. The Labute approximate surface area is 97.4 Å². The molecule has 92 valence electrons. The molecule has 0 aromatic heterocycles. The Bertz CT molecular complexity index is 266. The SMILES string of the molecule is CCC(=O)C(C)N1CCCCC1C(=O)NC. The molecule has 4 heteroatoms. The van der Waals surface area contributed by atoms with Gasteiger partial charge in [-0.2, -0.15) is 0 Å². The van der Waals surface area contributed by atoms with Gasteiger partial charge in [0.1, 0.15) is 5.78 Å². The van der Waals surface area contributed by atoms with E-state index in [4.69, 9.17) is 0 Å². The molecule has 2 unspecified atom stereocenters. The molecule has 0 saturated carbocycles. The summed E-state index contributed by atoms with van der Waals surface area (Å²) in [5, 5.41) is 2.68. The van der Waals surface area contributed by atoms with Crippen molar-refractivity contribution in [3.05, 3.63) is 0 Å². The Morgan fingerprint density at radius 2 is 2.12 bits per heavy atom. The van der Waals surface area contributed by atoms with E-state index in [0.29, 0.717) is 6.42 Å². The second-order valence-corrected chi connectivity index (χ2v) is 4.36. The number of hydrogen-bond donors (Lipinski definition) is 1. The summed E-state index contributed by atoms with van der Waals surface area (Å²) in [6.07, 6.45) is 3.55. The lowest BCUT2D eigenvalue weighted by Gasteiger charge is -2.37. The van der Waals surface area contributed by atoms with Crippen LogP contribution in [0.1, 0.15) is 39.5 Å². The van der Waals surface area contributed by atoms with E-state index < -0.39 is 0 Å². The molecule has 0 aliphatic carbocycles. The Kier molecular flexibility index (Phi) is 4.93. The second kappa shape index (κ2) is 5.99. The van der Waals surface area contributed by atoms with Crippen molar-refractivity contribution in [1.82, 2.24) is 10.2 Å². The first-order valence-corrected chi connectivity index (χ1v) is 6.11. The average Bonchev–Trinajstić information content (AvgIpc) is 2.35. The zero-order chi connectivity index (χ0) is 12.1. The number of carbonyl (C=O) groups is 2. The number of likely N-dealkylation sites (tertiary alicyclic amines) is 1.